The Morgan fingerprint density at radius 3 is 2.29 bits per heavy atom. The molecule has 0 aromatic rings. The van der Waals surface area contributed by atoms with Crippen LogP contribution >= 0.6 is 11.6 Å². The molecular formula is C12H17ClO4. The number of rotatable bonds is 4. The minimum atomic E-state index is -0.863. The smallest absolute Gasteiger partial charge is 0.349 e. The van der Waals surface area contributed by atoms with Crippen molar-refractivity contribution in [1.29, 1.82) is 0 Å². The Bertz CT molecular complexity index is 371. The van der Waals surface area contributed by atoms with Crippen LogP contribution in [-0.4, -0.2) is 23.1 Å². The van der Waals surface area contributed by atoms with Gasteiger partial charge >= 0.3 is 11.9 Å². The standard InChI is InChI=1S/C12H17ClO4/c1-6(2)17-11(16)8(13)5-7-9(10(14)15)12(7,3)4/h5-7,9H,1-4H3,(H,14,15). The van der Waals surface area contributed by atoms with Gasteiger partial charge in [-0.2, -0.15) is 0 Å². The van der Waals surface area contributed by atoms with Crippen LogP contribution < -0.4 is 0 Å². The van der Waals surface area contributed by atoms with Crippen molar-refractivity contribution in [3.05, 3.63) is 11.1 Å². The van der Waals surface area contributed by atoms with E-state index in [-0.39, 0.29) is 22.5 Å². The van der Waals surface area contributed by atoms with Gasteiger partial charge in [0.2, 0.25) is 0 Å². The van der Waals surface area contributed by atoms with Crippen LogP contribution in [0.5, 0.6) is 0 Å². The minimum absolute atomic E-state index is 0.0412. The van der Waals surface area contributed by atoms with Gasteiger partial charge in [-0.25, -0.2) is 4.79 Å². The molecule has 5 heteroatoms. The fourth-order valence-electron chi connectivity index (χ4n) is 1.96. The summed E-state index contributed by atoms with van der Waals surface area (Å²) in [5.41, 5.74) is -0.357. The molecule has 0 amide bonds. The quantitative estimate of drug-likeness (QED) is 0.623. The number of carboxylic acid groups (broad SMARTS) is 1. The highest BCUT2D eigenvalue weighted by Crippen LogP contribution is 2.59. The number of carbonyl (C=O) groups is 2. The van der Waals surface area contributed by atoms with Crippen molar-refractivity contribution in [2.45, 2.75) is 33.8 Å². The molecule has 1 aliphatic carbocycles. The second kappa shape index (κ2) is 4.69. The number of allylic oxidation sites excluding steroid dienone is 1. The lowest BCUT2D eigenvalue weighted by Gasteiger charge is -2.06. The summed E-state index contributed by atoms with van der Waals surface area (Å²) in [6, 6.07) is 0. The molecule has 0 spiro atoms. The van der Waals surface area contributed by atoms with Crippen LogP contribution in [0.3, 0.4) is 0 Å². The van der Waals surface area contributed by atoms with E-state index in [9.17, 15) is 9.59 Å². The molecule has 1 aliphatic rings. The van der Waals surface area contributed by atoms with E-state index >= 15 is 0 Å². The van der Waals surface area contributed by atoms with Crippen LogP contribution in [0.2, 0.25) is 0 Å². The highest BCUT2D eigenvalue weighted by molar-refractivity contribution is 6.41. The molecule has 96 valence electrons. The average Bonchev–Trinajstić information content (AvgIpc) is 2.66. The van der Waals surface area contributed by atoms with Gasteiger partial charge in [-0.15, -0.1) is 0 Å². The van der Waals surface area contributed by atoms with Crippen LogP contribution in [0.25, 0.3) is 0 Å². The van der Waals surface area contributed by atoms with E-state index in [1.807, 2.05) is 13.8 Å². The molecule has 0 bridgehead atoms. The van der Waals surface area contributed by atoms with Crippen molar-refractivity contribution in [2.24, 2.45) is 17.3 Å². The highest BCUT2D eigenvalue weighted by atomic mass is 35.5. The number of ether oxygens (including phenoxy) is 1. The number of halogens is 1. The molecule has 1 saturated carbocycles. The largest absolute Gasteiger partial charge is 0.481 e. The van der Waals surface area contributed by atoms with Crippen molar-refractivity contribution in [1.82, 2.24) is 0 Å². The molecule has 2 unspecified atom stereocenters. The third kappa shape index (κ3) is 3.00. The number of aliphatic carboxylic acids is 1. The molecule has 4 nitrogen and oxygen atoms in total. The van der Waals surface area contributed by atoms with Gasteiger partial charge in [0.05, 0.1) is 12.0 Å². The van der Waals surface area contributed by atoms with Crippen LogP contribution in [0, 0.1) is 17.3 Å². The summed E-state index contributed by atoms with van der Waals surface area (Å²) in [6.45, 7) is 7.13. The number of hydrogen-bond donors (Lipinski definition) is 1. The Kier molecular flexibility index (Phi) is 3.87. The van der Waals surface area contributed by atoms with Crippen LogP contribution in [0.1, 0.15) is 27.7 Å². The van der Waals surface area contributed by atoms with Crippen molar-refractivity contribution in [2.75, 3.05) is 0 Å². The van der Waals surface area contributed by atoms with Gasteiger partial charge in [-0.05, 0) is 25.2 Å². The fourth-order valence-corrected chi connectivity index (χ4v) is 2.14. The second-order valence-electron chi connectivity index (χ2n) is 5.13. The zero-order valence-corrected chi connectivity index (χ0v) is 11.1. The first kappa shape index (κ1) is 14.0. The lowest BCUT2D eigenvalue weighted by molar-refractivity contribution is -0.142. The van der Waals surface area contributed by atoms with Crippen LogP contribution in [0.4, 0.5) is 0 Å². The van der Waals surface area contributed by atoms with Crippen molar-refractivity contribution >= 4 is 23.5 Å². The fraction of sp³-hybridized carbons (Fsp3) is 0.667. The maximum atomic E-state index is 11.4. The normalized spacial score (nSPS) is 26.8. The Balaban J connectivity index is 2.71. The molecule has 0 aromatic heterocycles. The predicted octanol–water partition coefficient (Wildman–Crippen LogP) is 2.42. The Morgan fingerprint density at radius 2 is 1.94 bits per heavy atom. The SMILES string of the molecule is CC(C)OC(=O)C(Cl)=CC1C(C(=O)O)C1(C)C. The summed E-state index contributed by atoms with van der Waals surface area (Å²) in [4.78, 5) is 22.4. The maximum absolute atomic E-state index is 11.4. The van der Waals surface area contributed by atoms with Gasteiger partial charge in [-0.3, -0.25) is 4.79 Å². The molecule has 0 aliphatic heterocycles. The van der Waals surface area contributed by atoms with E-state index in [0.29, 0.717) is 0 Å². The number of esters is 1. The number of carboxylic acids is 1. The molecule has 17 heavy (non-hydrogen) atoms. The molecule has 0 heterocycles. The minimum Gasteiger partial charge on any atom is -0.481 e. The monoisotopic (exact) mass is 260 g/mol. The maximum Gasteiger partial charge on any atom is 0.349 e. The topological polar surface area (TPSA) is 63.6 Å². The van der Waals surface area contributed by atoms with E-state index in [1.54, 1.807) is 13.8 Å². The third-order valence-electron chi connectivity index (χ3n) is 3.04. The predicted molar refractivity (Wildman–Crippen MR) is 63.6 cm³/mol. The Hall–Kier alpha value is -1.03. The number of hydrogen-bond acceptors (Lipinski definition) is 3. The van der Waals surface area contributed by atoms with Crippen LogP contribution in [0.15, 0.2) is 11.1 Å². The first-order valence-corrected chi connectivity index (χ1v) is 5.86. The lowest BCUT2D eigenvalue weighted by atomic mass is 10.1. The summed E-state index contributed by atoms with van der Waals surface area (Å²) in [5.74, 6) is -2.17. The summed E-state index contributed by atoms with van der Waals surface area (Å²) in [7, 11) is 0. The van der Waals surface area contributed by atoms with E-state index in [1.165, 1.54) is 6.08 Å². The number of carbonyl (C=O) groups excluding carboxylic acids is 1. The van der Waals surface area contributed by atoms with Crippen molar-refractivity contribution in [3.8, 4) is 0 Å². The van der Waals surface area contributed by atoms with E-state index in [0.717, 1.165) is 0 Å². The summed E-state index contributed by atoms with van der Waals surface area (Å²) >= 11 is 5.80. The van der Waals surface area contributed by atoms with Crippen LogP contribution in [-0.2, 0) is 14.3 Å². The first-order valence-electron chi connectivity index (χ1n) is 5.49. The molecule has 0 saturated heterocycles. The molecule has 1 N–H and O–H groups in total. The zero-order chi connectivity index (χ0) is 13.4. The van der Waals surface area contributed by atoms with Gasteiger partial charge in [0.1, 0.15) is 5.03 Å². The third-order valence-corrected chi connectivity index (χ3v) is 3.32. The van der Waals surface area contributed by atoms with Crippen molar-refractivity contribution in [3.63, 3.8) is 0 Å². The first-order chi connectivity index (χ1) is 7.67. The van der Waals surface area contributed by atoms with Gasteiger partial charge in [0.15, 0.2) is 0 Å². The highest BCUT2D eigenvalue weighted by Gasteiger charge is 2.61. The van der Waals surface area contributed by atoms with Crippen molar-refractivity contribution < 1.29 is 19.4 Å². The summed E-state index contributed by atoms with van der Waals surface area (Å²) < 4.78 is 4.92. The average molecular weight is 261 g/mol. The van der Waals surface area contributed by atoms with E-state index in [4.69, 9.17) is 21.4 Å². The van der Waals surface area contributed by atoms with Gasteiger partial charge in [0.25, 0.3) is 0 Å². The summed E-state index contributed by atoms with van der Waals surface area (Å²) in [6.07, 6.45) is 1.25. The zero-order valence-electron chi connectivity index (χ0n) is 10.4. The molecule has 1 fully saturated rings. The Morgan fingerprint density at radius 1 is 1.41 bits per heavy atom. The lowest BCUT2D eigenvalue weighted by Crippen LogP contribution is -2.11. The molecule has 2 atom stereocenters. The molecule has 0 aromatic carbocycles. The van der Waals surface area contributed by atoms with Gasteiger partial charge in [0, 0.05) is 0 Å². The van der Waals surface area contributed by atoms with Gasteiger partial charge in [-0.1, -0.05) is 31.5 Å². The van der Waals surface area contributed by atoms with E-state index in [2.05, 4.69) is 0 Å². The molecule has 1 rings (SSSR count). The summed E-state index contributed by atoms with van der Waals surface area (Å²) in [5, 5.41) is 8.93. The Labute approximate surface area is 106 Å². The molecule has 0 radical (unpaired) electrons. The molecular weight excluding hydrogens is 244 g/mol. The van der Waals surface area contributed by atoms with E-state index < -0.39 is 17.9 Å². The van der Waals surface area contributed by atoms with Gasteiger partial charge < -0.3 is 9.84 Å². The second-order valence-corrected chi connectivity index (χ2v) is 5.54.